The SMILES string of the molecule is O=C(O)[C@H](CCc1ccccc1)N1CC(CS)CC1=O. The van der Waals surface area contributed by atoms with Gasteiger partial charge in [0.25, 0.3) is 0 Å². The standard InChI is InChI=1S/C15H19NO3S/c17-14-8-12(10-20)9-16(14)13(15(18)19)7-6-11-4-2-1-3-5-11/h1-5,12-13,20H,6-10H2,(H,18,19)/t12?,13-/m0/s1. The topological polar surface area (TPSA) is 57.6 Å². The van der Waals surface area contributed by atoms with Gasteiger partial charge in [-0.3, -0.25) is 4.79 Å². The van der Waals surface area contributed by atoms with Gasteiger partial charge in [0, 0.05) is 13.0 Å². The van der Waals surface area contributed by atoms with Crippen LogP contribution in [0.25, 0.3) is 0 Å². The Morgan fingerprint density at radius 3 is 2.65 bits per heavy atom. The number of carboxylic acid groups (broad SMARTS) is 1. The zero-order valence-electron chi connectivity index (χ0n) is 11.2. The van der Waals surface area contributed by atoms with E-state index in [9.17, 15) is 14.7 Å². The lowest BCUT2D eigenvalue weighted by Gasteiger charge is -2.24. The third-order valence-corrected chi connectivity index (χ3v) is 4.22. The third kappa shape index (κ3) is 3.54. The van der Waals surface area contributed by atoms with Crippen LogP contribution in [0.5, 0.6) is 0 Å². The molecule has 1 amide bonds. The lowest BCUT2D eigenvalue weighted by atomic mass is 10.0. The van der Waals surface area contributed by atoms with E-state index in [0.717, 1.165) is 5.56 Å². The van der Waals surface area contributed by atoms with Gasteiger partial charge in [0.1, 0.15) is 6.04 Å². The van der Waals surface area contributed by atoms with Crippen LogP contribution in [-0.4, -0.2) is 40.2 Å². The molecule has 0 aromatic heterocycles. The Morgan fingerprint density at radius 1 is 1.40 bits per heavy atom. The van der Waals surface area contributed by atoms with Crippen LogP contribution in [0.2, 0.25) is 0 Å². The summed E-state index contributed by atoms with van der Waals surface area (Å²) in [6.07, 6.45) is 1.52. The van der Waals surface area contributed by atoms with Crippen molar-refractivity contribution in [3.63, 3.8) is 0 Å². The van der Waals surface area contributed by atoms with Crippen LogP contribution in [0.15, 0.2) is 30.3 Å². The van der Waals surface area contributed by atoms with E-state index in [4.69, 9.17) is 0 Å². The Bertz CT molecular complexity index is 477. The number of thiol groups is 1. The number of benzene rings is 1. The fraction of sp³-hybridized carbons (Fsp3) is 0.467. The van der Waals surface area contributed by atoms with Gasteiger partial charge < -0.3 is 10.0 Å². The highest BCUT2D eigenvalue weighted by molar-refractivity contribution is 7.80. The van der Waals surface area contributed by atoms with Crippen molar-refractivity contribution < 1.29 is 14.7 Å². The normalized spacial score (nSPS) is 20.1. The maximum atomic E-state index is 11.9. The van der Waals surface area contributed by atoms with E-state index >= 15 is 0 Å². The molecule has 1 N–H and O–H groups in total. The fourth-order valence-corrected chi connectivity index (χ4v) is 2.84. The molecular formula is C15H19NO3S. The number of carboxylic acids is 1. The first-order valence-corrected chi connectivity index (χ1v) is 7.42. The number of nitrogens with zero attached hydrogens (tertiary/aromatic N) is 1. The molecule has 108 valence electrons. The minimum absolute atomic E-state index is 0.0653. The zero-order valence-corrected chi connectivity index (χ0v) is 12.1. The zero-order chi connectivity index (χ0) is 14.5. The quantitative estimate of drug-likeness (QED) is 0.787. The lowest BCUT2D eigenvalue weighted by Crippen LogP contribution is -2.42. The Hall–Kier alpha value is -1.49. The molecule has 5 heteroatoms. The van der Waals surface area contributed by atoms with E-state index in [0.29, 0.717) is 31.6 Å². The maximum Gasteiger partial charge on any atom is 0.326 e. The van der Waals surface area contributed by atoms with Crippen molar-refractivity contribution >= 4 is 24.5 Å². The predicted molar refractivity (Wildman–Crippen MR) is 79.9 cm³/mol. The number of rotatable bonds is 6. The summed E-state index contributed by atoms with van der Waals surface area (Å²) in [6.45, 7) is 0.508. The highest BCUT2D eigenvalue weighted by Gasteiger charge is 2.36. The van der Waals surface area contributed by atoms with Gasteiger partial charge in [-0.1, -0.05) is 30.3 Å². The summed E-state index contributed by atoms with van der Waals surface area (Å²) in [5, 5.41) is 9.38. The molecule has 0 aliphatic carbocycles. The minimum atomic E-state index is -0.922. The Morgan fingerprint density at radius 2 is 2.10 bits per heavy atom. The Kier molecular flexibility index (Phi) is 5.06. The predicted octanol–water partition coefficient (Wildman–Crippen LogP) is 1.85. The van der Waals surface area contributed by atoms with Gasteiger partial charge in [-0.05, 0) is 30.1 Å². The summed E-state index contributed by atoms with van der Waals surface area (Å²) in [6, 6.07) is 9.02. The summed E-state index contributed by atoms with van der Waals surface area (Å²) >= 11 is 4.20. The molecule has 1 aliphatic rings. The highest BCUT2D eigenvalue weighted by atomic mass is 32.1. The lowest BCUT2D eigenvalue weighted by molar-refractivity contribution is -0.148. The number of amides is 1. The monoisotopic (exact) mass is 293 g/mol. The molecule has 4 nitrogen and oxygen atoms in total. The van der Waals surface area contributed by atoms with E-state index < -0.39 is 12.0 Å². The van der Waals surface area contributed by atoms with Crippen molar-refractivity contribution in [3.05, 3.63) is 35.9 Å². The first kappa shape index (κ1) is 14.9. The second-order valence-corrected chi connectivity index (χ2v) is 5.54. The number of carbonyl (C=O) groups excluding carboxylic acids is 1. The highest BCUT2D eigenvalue weighted by Crippen LogP contribution is 2.23. The summed E-state index contributed by atoms with van der Waals surface area (Å²) < 4.78 is 0. The van der Waals surface area contributed by atoms with Crippen molar-refractivity contribution in [2.75, 3.05) is 12.3 Å². The molecule has 1 fully saturated rings. The van der Waals surface area contributed by atoms with Crippen molar-refractivity contribution in [1.82, 2.24) is 4.90 Å². The number of carbonyl (C=O) groups is 2. The van der Waals surface area contributed by atoms with Gasteiger partial charge in [-0.25, -0.2) is 4.79 Å². The molecule has 1 aromatic rings. The average Bonchev–Trinajstić information content (AvgIpc) is 2.81. The first-order chi connectivity index (χ1) is 9.61. The Labute approximate surface area is 124 Å². The number of aryl methyl sites for hydroxylation is 1. The molecule has 2 rings (SSSR count). The van der Waals surface area contributed by atoms with Crippen LogP contribution >= 0.6 is 12.6 Å². The molecular weight excluding hydrogens is 274 g/mol. The van der Waals surface area contributed by atoms with Crippen molar-refractivity contribution in [1.29, 1.82) is 0 Å². The van der Waals surface area contributed by atoms with Crippen LogP contribution in [-0.2, 0) is 16.0 Å². The molecule has 0 radical (unpaired) electrons. The van der Waals surface area contributed by atoms with Gasteiger partial charge in [-0.2, -0.15) is 12.6 Å². The number of hydrogen-bond donors (Lipinski definition) is 2. The Balaban J connectivity index is 2.01. The van der Waals surface area contributed by atoms with Gasteiger partial charge in [0.15, 0.2) is 0 Å². The average molecular weight is 293 g/mol. The van der Waals surface area contributed by atoms with Gasteiger partial charge in [0.2, 0.25) is 5.91 Å². The summed E-state index contributed by atoms with van der Waals surface area (Å²) in [4.78, 5) is 24.9. The van der Waals surface area contributed by atoms with Gasteiger partial charge in [-0.15, -0.1) is 0 Å². The molecule has 0 saturated carbocycles. The number of aliphatic carboxylic acids is 1. The molecule has 1 unspecified atom stereocenters. The molecule has 1 aromatic carbocycles. The molecule has 1 heterocycles. The van der Waals surface area contributed by atoms with Crippen LogP contribution < -0.4 is 0 Å². The van der Waals surface area contributed by atoms with E-state index in [1.165, 1.54) is 4.90 Å². The minimum Gasteiger partial charge on any atom is -0.480 e. The van der Waals surface area contributed by atoms with Crippen molar-refractivity contribution in [2.24, 2.45) is 5.92 Å². The van der Waals surface area contributed by atoms with Crippen LogP contribution in [0.1, 0.15) is 18.4 Å². The van der Waals surface area contributed by atoms with Crippen molar-refractivity contribution in [3.8, 4) is 0 Å². The summed E-state index contributed by atoms with van der Waals surface area (Å²) in [5.41, 5.74) is 1.09. The van der Waals surface area contributed by atoms with Crippen LogP contribution in [0.3, 0.4) is 0 Å². The second-order valence-electron chi connectivity index (χ2n) is 5.18. The molecule has 0 spiro atoms. The molecule has 2 atom stereocenters. The first-order valence-electron chi connectivity index (χ1n) is 6.79. The molecule has 0 bridgehead atoms. The fourth-order valence-electron chi connectivity index (χ4n) is 2.59. The number of likely N-dealkylation sites (tertiary alicyclic amines) is 1. The van der Waals surface area contributed by atoms with Gasteiger partial charge in [0.05, 0.1) is 0 Å². The largest absolute Gasteiger partial charge is 0.480 e. The third-order valence-electron chi connectivity index (χ3n) is 3.71. The van der Waals surface area contributed by atoms with Crippen LogP contribution in [0.4, 0.5) is 0 Å². The molecule has 1 saturated heterocycles. The second kappa shape index (κ2) is 6.79. The summed E-state index contributed by atoms with van der Waals surface area (Å²) in [7, 11) is 0. The van der Waals surface area contributed by atoms with Crippen LogP contribution in [0, 0.1) is 5.92 Å². The molecule has 1 aliphatic heterocycles. The maximum absolute atomic E-state index is 11.9. The van der Waals surface area contributed by atoms with E-state index in [1.54, 1.807) is 0 Å². The smallest absolute Gasteiger partial charge is 0.326 e. The van der Waals surface area contributed by atoms with Crippen molar-refractivity contribution in [2.45, 2.75) is 25.3 Å². The molecule has 20 heavy (non-hydrogen) atoms. The van der Waals surface area contributed by atoms with E-state index in [2.05, 4.69) is 12.6 Å². The summed E-state index contributed by atoms with van der Waals surface area (Å²) in [5.74, 6) is -0.198. The number of hydrogen-bond acceptors (Lipinski definition) is 3. The van der Waals surface area contributed by atoms with E-state index in [1.807, 2.05) is 30.3 Å². The van der Waals surface area contributed by atoms with E-state index in [-0.39, 0.29) is 11.8 Å². The van der Waals surface area contributed by atoms with Gasteiger partial charge >= 0.3 is 5.97 Å².